The summed E-state index contributed by atoms with van der Waals surface area (Å²) in [5.41, 5.74) is 0. The van der Waals surface area contributed by atoms with Crippen molar-refractivity contribution in [3.63, 3.8) is 0 Å². The van der Waals surface area contributed by atoms with E-state index in [0.29, 0.717) is 12.2 Å². The molecule has 0 N–H and O–H groups in total. The fraction of sp³-hybridized carbons (Fsp3) is 0.889. The third-order valence-corrected chi connectivity index (χ3v) is 8.79. The first-order valence-electron chi connectivity index (χ1n) is 17.5. The highest BCUT2D eigenvalue weighted by atomic mass is 16.8. The molecule has 1 saturated carbocycles. The Morgan fingerprint density at radius 2 is 0.895 bits per heavy atom. The van der Waals surface area contributed by atoms with Gasteiger partial charge in [0.05, 0.1) is 12.2 Å². The van der Waals surface area contributed by atoms with Crippen molar-refractivity contribution < 1.29 is 9.47 Å². The van der Waals surface area contributed by atoms with E-state index in [1.54, 1.807) is 0 Å². The second kappa shape index (κ2) is 23.1. The molecule has 2 rings (SSSR count). The van der Waals surface area contributed by atoms with Gasteiger partial charge in [0.25, 0.3) is 0 Å². The molecule has 1 unspecified atom stereocenters. The molecule has 0 amide bonds. The van der Waals surface area contributed by atoms with Crippen LogP contribution >= 0.6 is 0 Å². The summed E-state index contributed by atoms with van der Waals surface area (Å²) in [6, 6.07) is 0. The Morgan fingerprint density at radius 3 is 1.39 bits per heavy atom. The van der Waals surface area contributed by atoms with E-state index in [-0.39, 0.29) is 5.79 Å². The Bertz CT molecular complexity index is 568. The average Bonchev–Trinajstić information content (AvgIpc) is 3.49. The molecule has 38 heavy (non-hydrogen) atoms. The molecule has 1 aliphatic heterocycles. The first-order chi connectivity index (χ1) is 18.8. The SMILES string of the molecule is CCCCC/C=C\C/C=C\CCCCCCCCC1(CCCCCCCCCCCC)O[C@H]2CCC[C@H]2O1. The fourth-order valence-electron chi connectivity index (χ4n) is 6.37. The van der Waals surface area contributed by atoms with E-state index in [0.717, 1.165) is 19.3 Å². The first kappa shape index (κ1) is 33.6. The van der Waals surface area contributed by atoms with Gasteiger partial charge in [0.15, 0.2) is 5.79 Å². The van der Waals surface area contributed by atoms with Crippen molar-refractivity contribution in [2.75, 3.05) is 0 Å². The Balaban J connectivity index is 1.48. The number of ether oxygens (including phenoxy) is 2. The molecule has 2 aliphatic rings. The minimum Gasteiger partial charge on any atom is -0.344 e. The molecule has 1 aliphatic carbocycles. The third-order valence-electron chi connectivity index (χ3n) is 8.79. The number of rotatable bonds is 26. The summed E-state index contributed by atoms with van der Waals surface area (Å²) in [6.45, 7) is 4.57. The molecule has 0 spiro atoms. The molecule has 2 heteroatoms. The highest BCUT2D eigenvalue weighted by molar-refractivity contribution is 4.93. The highest BCUT2D eigenvalue weighted by Gasteiger charge is 2.48. The molecule has 0 bridgehead atoms. The van der Waals surface area contributed by atoms with Gasteiger partial charge in [0.2, 0.25) is 0 Å². The number of allylic oxidation sites excluding steroid dienone is 4. The molecule has 0 radical (unpaired) electrons. The van der Waals surface area contributed by atoms with Crippen LogP contribution in [0.4, 0.5) is 0 Å². The third kappa shape index (κ3) is 15.9. The van der Waals surface area contributed by atoms with E-state index in [4.69, 9.17) is 9.47 Å². The van der Waals surface area contributed by atoms with Crippen molar-refractivity contribution in [2.24, 2.45) is 0 Å². The number of hydrogen-bond donors (Lipinski definition) is 0. The van der Waals surface area contributed by atoms with E-state index in [1.807, 2.05) is 0 Å². The Morgan fingerprint density at radius 1 is 0.500 bits per heavy atom. The molecular formula is C36H66O2. The van der Waals surface area contributed by atoms with E-state index in [2.05, 4.69) is 38.2 Å². The first-order valence-corrected chi connectivity index (χ1v) is 17.5. The van der Waals surface area contributed by atoms with E-state index in [9.17, 15) is 0 Å². The van der Waals surface area contributed by atoms with E-state index < -0.39 is 0 Å². The van der Waals surface area contributed by atoms with Gasteiger partial charge in [-0.15, -0.1) is 0 Å². The van der Waals surface area contributed by atoms with Crippen LogP contribution in [0.5, 0.6) is 0 Å². The van der Waals surface area contributed by atoms with Crippen LogP contribution in [0.25, 0.3) is 0 Å². The van der Waals surface area contributed by atoms with Crippen molar-refractivity contribution in [2.45, 2.75) is 205 Å². The Kier molecular flexibility index (Phi) is 20.5. The van der Waals surface area contributed by atoms with Crippen molar-refractivity contribution in [3.8, 4) is 0 Å². The zero-order valence-corrected chi connectivity index (χ0v) is 25.9. The molecule has 222 valence electrons. The summed E-state index contributed by atoms with van der Waals surface area (Å²) < 4.78 is 13.3. The summed E-state index contributed by atoms with van der Waals surface area (Å²) in [4.78, 5) is 0. The molecule has 3 atom stereocenters. The van der Waals surface area contributed by atoms with Crippen LogP contribution < -0.4 is 0 Å². The van der Waals surface area contributed by atoms with Crippen molar-refractivity contribution in [3.05, 3.63) is 24.3 Å². The monoisotopic (exact) mass is 531 g/mol. The number of hydrogen-bond acceptors (Lipinski definition) is 2. The minimum atomic E-state index is -0.245. The topological polar surface area (TPSA) is 18.5 Å². The van der Waals surface area contributed by atoms with Crippen LogP contribution in [0, 0.1) is 0 Å². The van der Waals surface area contributed by atoms with E-state index in [1.165, 1.54) is 154 Å². The zero-order chi connectivity index (χ0) is 27.0. The van der Waals surface area contributed by atoms with Gasteiger partial charge >= 0.3 is 0 Å². The maximum Gasteiger partial charge on any atom is 0.169 e. The van der Waals surface area contributed by atoms with Crippen molar-refractivity contribution in [1.29, 1.82) is 0 Å². The molecule has 0 aromatic carbocycles. The van der Waals surface area contributed by atoms with Crippen LogP contribution in [0.3, 0.4) is 0 Å². The molecule has 1 saturated heterocycles. The molecule has 2 fully saturated rings. The standard InChI is InChI=1S/C36H66O2/c1-3-5-7-9-11-13-15-16-17-18-19-20-22-24-26-28-33-36(37-34-30-29-31-35(34)38-36)32-27-25-23-21-14-12-10-8-6-4-2/h11,13,16-17,34-35H,3-10,12,14-15,18-33H2,1-2H3/b13-11-,17-16-/t34-,35+,36?. The molecule has 0 aromatic rings. The van der Waals surface area contributed by atoms with Gasteiger partial charge in [0.1, 0.15) is 0 Å². The summed E-state index contributed by atoms with van der Waals surface area (Å²) in [5.74, 6) is -0.245. The van der Waals surface area contributed by atoms with Gasteiger partial charge in [-0.3, -0.25) is 0 Å². The smallest absolute Gasteiger partial charge is 0.169 e. The normalized spacial score (nSPS) is 23.3. The van der Waals surface area contributed by atoms with Gasteiger partial charge in [0, 0.05) is 12.8 Å². The van der Waals surface area contributed by atoms with Crippen LogP contribution in [-0.2, 0) is 9.47 Å². The van der Waals surface area contributed by atoms with Crippen molar-refractivity contribution in [1.82, 2.24) is 0 Å². The minimum absolute atomic E-state index is 0.245. The maximum absolute atomic E-state index is 6.65. The van der Waals surface area contributed by atoms with Gasteiger partial charge in [-0.05, 0) is 64.2 Å². The van der Waals surface area contributed by atoms with Gasteiger partial charge in [-0.2, -0.15) is 0 Å². The fourth-order valence-corrected chi connectivity index (χ4v) is 6.37. The Hall–Kier alpha value is -0.600. The predicted octanol–water partition coefficient (Wildman–Crippen LogP) is 12.2. The maximum atomic E-state index is 6.65. The van der Waals surface area contributed by atoms with Gasteiger partial charge < -0.3 is 9.47 Å². The number of unbranched alkanes of at least 4 members (excludes halogenated alkanes) is 18. The molecule has 2 nitrogen and oxygen atoms in total. The summed E-state index contributed by atoms with van der Waals surface area (Å²) in [7, 11) is 0. The zero-order valence-electron chi connectivity index (χ0n) is 25.9. The summed E-state index contributed by atoms with van der Waals surface area (Å²) in [5, 5.41) is 0. The lowest BCUT2D eigenvalue weighted by molar-refractivity contribution is -0.190. The Labute approximate surface area is 238 Å². The summed E-state index contributed by atoms with van der Waals surface area (Å²) >= 11 is 0. The van der Waals surface area contributed by atoms with Gasteiger partial charge in [-0.25, -0.2) is 0 Å². The highest BCUT2D eigenvalue weighted by Crippen LogP contribution is 2.43. The number of fused-ring (bicyclic) bond motifs is 1. The quantitative estimate of drug-likeness (QED) is 0.0817. The van der Waals surface area contributed by atoms with Crippen LogP contribution in [0.15, 0.2) is 24.3 Å². The largest absolute Gasteiger partial charge is 0.344 e. The average molecular weight is 531 g/mol. The van der Waals surface area contributed by atoms with E-state index >= 15 is 0 Å². The van der Waals surface area contributed by atoms with Gasteiger partial charge in [-0.1, -0.05) is 134 Å². The molecule has 0 aromatic heterocycles. The van der Waals surface area contributed by atoms with Crippen LogP contribution in [-0.4, -0.2) is 18.0 Å². The van der Waals surface area contributed by atoms with Crippen molar-refractivity contribution >= 4 is 0 Å². The van der Waals surface area contributed by atoms with Crippen LogP contribution in [0.2, 0.25) is 0 Å². The lowest BCUT2D eigenvalue weighted by Crippen LogP contribution is -2.31. The second-order valence-corrected chi connectivity index (χ2v) is 12.4. The predicted molar refractivity (Wildman–Crippen MR) is 167 cm³/mol. The summed E-state index contributed by atoms with van der Waals surface area (Å²) in [6.07, 6.45) is 45.8. The van der Waals surface area contributed by atoms with Crippen LogP contribution in [0.1, 0.15) is 187 Å². The lowest BCUT2D eigenvalue weighted by atomic mass is 9.98. The second-order valence-electron chi connectivity index (χ2n) is 12.4. The molecular weight excluding hydrogens is 464 g/mol. The lowest BCUT2D eigenvalue weighted by Gasteiger charge is -2.29. The molecule has 1 heterocycles.